The van der Waals surface area contributed by atoms with Crippen molar-refractivity contribution in [3.63, 3.8) is 0 Å². The van der Waals surface area contributed by atoms with E-state index >= 15 is 0 Å². The Kier molecular flexibility index (Phi) is 4.02. The van der Waals surface area contributed by atoms with Crippen LogP contribution in [0.25, 0.3) is 0 Å². The minimum atomic E-state index is -0.186. The lowest BCUT2D eigenvalue weighted by atomic mass is 9.86. The van der Waals surface area contributed by atoms with E-state index < -0.39 is 0 Å². The maximum absolute atomic E-state index is 11.5. The number of nitrogens with one attached hydrogen (secondary N) is 1. The standard InChI is InChI=1S/C13H16ClNO2/c1-17-13(16)12-8-10(6-7-15-12)9-2-4-11(14)5-3-9/h2-5,10,12,15H,6-8H2,1H3. The van der Waals surface area contributed by atoms with Gasteiger partial charge in [-0.3, -0.25) is 4.79 Å². The number of carbonyl (C=O) groups excluding carboxylic acids is 1. The van der Waals surface area contributed by atoms with Crippen LogP contribution in [0.1, 0.15) is 24.3 Å². The number of methoxy groups -OCH3 is 1. The van der Waals surface area contributed by atoms with Gasteiger partial charge in [0.05, 0.1) is 7.11 Å². The van der Waals surface area contributed by atoms with Crippen molar-refractivity contribution in [1.29, 1.82) is 0 Å². The predicted octanol–water partition coefficient (Wildman–Crippen LogP) is 2.35. The van der Waals surface area contributed by atoms with Gasteiger partial charge in [-0.1, -0.05) is 23.7 Å². The van der Waals surface area contributed by atoms with Gasteiger partial charge in [0.25, 0.3) is 0 Å². The summed E-state index contributed by atoms with van der Waals surface area (Å²) in [6.07, 6.45) is 1.82. The number of ether oxygens (including phenoxy) is 1. The second-order valence-electron chi connectivity index (χ2n) is 4.30. The monoisotopic (exact) mass is 253 g/mol. The first-order valence-electron chi connectivity index (χ1n) is 5.77. The van der Waals surface area contributed by atoms with Crippen molar-refractivity contribution >= 4 is 17.6 Å². The number of carbonyl (C=O) groups is 1. The average molecular weight is 254 g/mol. The highest BCUT2D eigenvalue weighted by atomic mass is 35.5. The van der Waals surface area contributed by atoms with Crippen LogP contribution in [-0.2, 0) is 9.53 Å². The highest BCUT2D eigenvalue weighted by Crippen LogP contribution is 2.28. The molecular formula is C13H16ClNO2. The molecule has 1 aromatic carbocycles. The Balaban J connectivity index is 2.06. The van der Waals surface area contributed by atoms with Gasteiger partial charge in [-0.25, -0.2) is 0 Å². The molecule has 1 saturated heterocycles. The Hall–Kier alpha value is -1.06. The molecule has 0 amide bonds. The third-order valence-corrected chi connectivity index (χ3v) is 3.48. The van der Waals surface area contributed by atoms with E-state index in [4.69, 9.17) is 16.3 Å². The summed E-state index contributed by atoms with van der Waals surface area (Å²) in [5.41, 5.74) is 1.24. The van der Waals surface area contributed by atoms with E-state index in [2.05, 4.69) is 5.32 Å². The molecule has 1 N–H and O–H groups in total. The van der Waals surface area contributed by atoms with Crippen LogP contribution in [0.4, 0.5) is 0 Å². The number of rotatable bonds is 2. The van der Waals surface area contributed by atoms with Gasteiger partial charge < -0.3 is 10.1 Å². The molecule has 0 bridgehead atoms. The van der Waals surface area contributed by atoms with Gasteiger partial charge in [0.2, 0.25) is 0 Å². The van der Waals surface area contributed by atoms with Crippen molar-refractivity contribution < 1.29 is 9.53 Å². The second-order valence-corrected chi connectivity index (χ2v) is 4.74. The molecule has 2 rings (SSSR count). The molecule has 1 aliphatic heterocycles. The lowest BCUT2D eigenvalue weighted by molar-refractivity contribution is -0.143. The average Bonchev–Trinajstić information content (AvgIpc) is 2.39. The molecule has 4 heteroatoms. The highest BCUT2D eigenvalue weighted by molar-refractivity contribution is 6.30. The first kappa shape index (κ1) is 12.4. The van der Waals surface area contributed by atoms with Crippen LogP contribution in [-0.4, -0.2) is 25.7 Å². The van der Waals surface area contributed by atoms with Gasteiger partial charge in [0, 0.05) is 5.02 Å². The van der Waals surface area contributed by atoms with Crippen LogP contribution in [0, 0.1) is 0 Å². The largest absolute Gasteiger partial charge is 0.468 e. The molecule has 1 heterocycles. The Morgan fingerprint density at radius 3 is 2.76 bits per heavy atom. The Bertz CT molecular complexity index is 391. The van der Waals surface area contributed by atoms with Crippen LogP contribution in [0.3, 0.4) is 0 Å². The molecule has 1 fully saturated rings. The highest BCUT2D eigenvalue weighted by Gasteiger charge is 2.28. The van der Waals surface area contributed by atoms with E-state index in [1.807, 2.05) is 24.3 Å². The molecule has 1 aliphatic rings. The molecule has 92 valence electrons. The maximum atomic E-state index is 11.5. The summed E-state index contributed by atoms with van der Waals surface area (Å²) in [6, 6.07) is 7.67. The minimum Gasteiger partial charge on any atom is -0.468 e. The third kappa shape index (κ3) is 2.99. The van der Waals surface area contributed by atoms with E-state index in [9.17, 15) is 4.79 Å². The number of hydrogen-bond acceptors (Lipinski definition) is 3. The summed E-state index contributed by atoms with van der Waals surface area (Å²) in [6.45, 7) is 0.840. The molecule has 0 saturated carbocycles. The minimum absolute atomic E-state index is 0.177. The number of esters is 1. The topological polar surface area (TPSA) is 38.3 Å². The van der Waals surface area contributed by atoms with Crippen molar-refractivity contribution in [1.82, 2.24) is 5.32 Å². The zero-order valence-electron chi connectivity index (χ0n) is 9.78. The summed E-state index contributed by atoms with van der Waals surface area (Å²) in [4.78, 5) is 11.5. The summed E-state index contributed by atoms with van der Waals surface area (Å²) in [7, 11) is 1.43. The van der Waals surface area contributed by atoms with Crippen LogP contribution in [0.2, 0.25) is 5.02 Å². The van der Waals surface area contributed by atoms with E-state index in [0.29, 0.717) is 5.92 Å². The van der Waals surface area contributed by atoms with Gasteiger partial charge in [-0.2, -0.15) is 0 Å². The Morgan fingerprint density at radius 2 is 2.12 bits per heavy atom. The Labute approximate surface area is 106 Å². The lowest BCUT2D eigenvalue weighted by Gasteiger charge is -2.28. The van der Waals surface area contributed by atoms with Gasteiger partial charge >= 0.3 is 5.97 Å². The summed E-state index contributed by atoms with van der Waals surface area (Å²) < 4.78 is 4.77. The van der Waals surface area contributed by atoms with Crippen molar-refractivity contribution in [2.45, 2.75) is 24.8 Å². The number of hydrogen-bond donors (Lipinski definition) is 1. The summed E-state index contributed by atoms with van der Waals surface area (Å²) in [5.74, 6) is 0.223. The number of halogens is 1. The fraction of sp³-hybridized carbons (Fsp3) is 0.462. The molecule has 17 heavy (non-hydrogen) atoms. The smallest absolute Gasteiger partial charge is 0.322 e. The molecule has 2 atom stereocenters. The van der Waals surface area contributed by atoms with Gasteiger partial charge in [0.1, 0.15) is 6.04 Å². The number of piperidine rings is 1. The van der Waals surface area contributed by atoms with Crippen LogP contribution in [0.15, 0.2) is 24.3 Å². The normalized spacial score (nSPS) is 24.4. The van der Waals surface area contributed by atoms with Crippen molar-refractivity contribution in [3.8, 4) is 0 Å². The molecule has 0 radical (unpaired) electrons. The predicted molar refractivity (Wildman–Crippen MR) is 67.2 cm³/mol. The third-order valence-electron chi connectivity index (χ3n) is 3.23. The van der Waals surface area contributed by atoms with Gasteiger partial charge in [0.15, 0.2) is 0 Å². The molecule has 0 spiro atoms. The van der Waals surface area contributed by atoms with Crippen LogP contribution >= 0.6 is 11.6 Å². The lowest BCUT2D eigenvalue weighted by Crippen LogP contribution is -2.43. The zero-order valence-corrected chi connectivity index (χ0v) is 10.5. The van der Waals surface area contributed by atoms with Gasteiger partial charge in [-0.05, 0) is 43.0 Å². The second kappa shape index (κ2) is 5.52. The zero-order chi connectivity index (χ0) is 12.3. The number of benzene rings is 1. The first-order chi connectivity index (χ1) is 8.20. The van der Waals surface area contributed by atoms with E-state index in [1.54, 1.807) is 0 Å². The van der Waals surface area contributed by atoms with Gasteiger partial charge in [-0.15, -0.1) is 0 Å². The quantitative estimate of drug-likeness (QED) is 0.823. The molecule has 0 aromatic heterocycles. The molecular weight excluding hydrogens is 238 g/mol. The first-order valence-corrected chi connectivity index (χ1v) is 6.15. The van der Waals surface area contributed by atoms with Crippen molar-refractivity contribution in [3.05, 3.63) is 34.9 Å². The molecule has 3 nitrogen and oxygen atoms in total. The van der Waals surface area contributed by atoms with Crippen LogP contribution < -0.4 is 5.32 Å². The molecule has 2 unspecified atom stereocenters. The SMILES string of the molecule is COC(=O)C1CC(c2ccc(Cl)cc2)CCN1. The maximum Gasteiger partial charge on any atom is 0.322 e. The fourth-order valence-electron chi connectivity index (χ4n) is 2.28. The molecule has 1 aromatic rings. The summed E-state index contributed by atoms with van der Waals surface area (Å²) >= 11 is 5.87. The van der Waals surface area contributed by atoms with Crippen molar-refractivity contribution in [2.75, 3.05) is 13.7 Å². The fourth-order valence-corrected chi connectivity index (χ4v) is 2.40. The van der Waals surface area contributed by atoms with E-state index in [-0.39, 0.29) is 12.0 Å². The molecule has 0 aliphatic carbocycles. The Morgan fingerprint density at radius 1 is 1.41 bits per heavy atom. The van der Waals surface area contributed by atoms with E-state index in [0.717, 1.165) is 24.4 Å². The van der Waals surface area contributed by atoms with Crippen LogP contribution in [0.5, 0.6) is 0 Å². The van der Waals surface area contributed by atoms with Crippen molar-refractivity contribution in [2.24, 2.45) is 0 Å². The summed E-state index contributed by atoms with van der Waals surface area (Å²) in [5, 5.41) is 3.92. The van der Waals surface area contributed by atoms with E-state index in [1.165, 1.54) is 12.7 Å².